The van der Waals surface area contributed by atoms with Gasteiger partial charge in [-0.3, -0.25) is 9.59 Å². The maximum absolute atomic E-state index is 11.9. The van der Waals surface area contributed by atoms with Gasteiger partial charge in [0.25, 0.3) is 5.56 Å². The minimum atomic E-state index is -1.28. The van der Waals surface area contributed by atoms with E-state index >= 15 is 0 Å². The predicted octanol–water partition coefficient (Wildman–Crippen LogP) is 0.802. The van der Waals surface area contributed by atoms with E-state index in [1.165, 1.54) is 12.1 Å². The number of hydrogen-bond donors (Lipinski definition) is 1. The van der Waals surface area contributed by atoms with Gasteiger partial charge < -0.3 is 9.52 Å². The lowest BCUT2D eigenvalue weighted by atomic mass is 10.2. The summed E-state index contributed by atoms with van der Waals surface area (Å²) in [7, 11) is 0. The molecule has 2 rings (SSSR count). The van der Waals surface area contributed by atoms with E-state index in [4.69, 9.17) is 9.52 Å². The van der Waals surface area contributed by atoms with E-state index < -0.39 is 23.8 Å². The fourth-order valence-corrected chi connectivity index (χ4v) is 1.77. The van der Waals surface area contributed by atoms with Crippen LogP contribution in [-0.4, -0.2) is 15.6 Å². The average molecular weight is 300 g/mol. The van der Waals surface area contributed by atoms with Crippen LogP contribution in [0.2, 0.25) is 0 Å². The van der Waals surface area contributed by atoms with Gasteiger partial charge in [-0.15, -0.1) is 0 Å². The fourth-order valence-electron chi connectivity index (χ4n) is 1.41. The normalized spacial score (nSPS) is 10.6. The minimum absolute atomic E-state index is 0.129. The number of nitrogens with zero attached hydrogens (tertiary/aromatic N) is 1. The lowest BCUT2D eigenvalue weighted by molar-refractivity contribution is -0.137. The van der Waals surface area contributed by atoms with Crippen molar-refractivity contribution in [2.24, 2.45) is 0 Å². The van der Waals surface area contributed by atoms with Gasteiger partial charge in [-0.05, 0) is 18.2 Å². The zero-order valence-corrected chi connectivity index (χ0v) is 9.93. The molecule has 0 radical (unpaired) electrons. The van der Waals surface area contributed by atoms with Crippen LogP contribution in [0.5, 0.6) is 0 Å². The third kappa shape index (κ3) is 2.14. The lowest BCUT2D eigenvalue weighted by Gasteiger charge is -2.02. The van der Waals surface area contributed by atoms with E-state index in [-0.39, 0.29) is 11.0 Å². The van der Waals surface area contributed by atoms with Crippen LogP contribution in [0.25, 0.3) is 11.0 Å². The van der Waals surface area contributed by atoms with Gasteiger partial charge in [-0.25, -0.2) is 9.36 Å². The molecule has 7 heteroatoms. The molecule has 88 valence electrons. The Morgan fingerprint density at radius 1 is 1.41 bits per heavy atom. The van der Waals surface area contributed by atoms with Gasteiger partial charge in [0.2, 0.25) is 0 Å². The van der Waals surface area contributed by atoms with Crippen molar-refractivity contribution in [3.63, 3.8) is 0 Å². The largest absolute Gasteiger partial charge is 0.480 e. The number of aromatic nitrogens is 1. The summed E-state index contributed by atoms with van der Waals surface area (Å²) in [6, 6.07) is 4.55. The summed E-state index contributed by atoms with van der Waals surface area (Å²) in [6.07, 6.45) is 0. The summed E-state index contributed by atoms with van der Waals surface area (Å²) in [4.78, 5) is 33.8. The predicted molar refractivity (Wildman–Crippen MR) is 62.1 cm³/mol. The molecular weight excluding hydrogens is 294 g/mol. The molecule has 0 atom stereocenters. The van der Waals surface area contributed by atoms with Crippen molar-refractivity contribution < 1.29 is 14.3 Å². The van der Waals surface area contributed by atoms with Crippen LogP contribution in [-0.2, 0) is 11.3 Å². The molecule has 0 amide bonds. The smallest absolute Gasteiger partial charge is 0.422 e. The Bertz CT molecular complexity index is 715. The Morgan fingerprint density at radius 3 is 2.76 bits per heavy atom. The summed E-state index contributed by atoms with van der Waals surface area (Å²) in [5.41, 5.74) is -0.551. The number of halogens is 1. The summed E-state index contributed by atoms with van der Waals surface area (Å²) in [6.45, 7) is -0.719. The van der Waals surface area contributed by atoms with Gasteiger partial charge in [-0.1, -0.05) is 15.9 Å². The van der Waals surface area contributed by atoms with Crippen LogP contribution in [0.1, 0.15) is 0 Å². The van der Waals surface area contributed by atoms with Gasteiger partial charge >= 0.3 is 11.7 Å². The van der Waals surface area contributed by atoms with E-state index in [0.717, 1.165) is 0 Å². The molecule has 0 fully saturated rings. The third-order valence-electron chi connectivity index (χ3n) is 2.13. The molecule has 6 nitrogen and oxygen atoms in total. The zero-order valence-electron chi connectivity index (χ0n) is 8.34. The van der Waals surface area contributed by atoms with Gasteiger partial charge in [0.1, 0.15) is 12.1 Å². The highest BCUT2D eigenvalue weighted by Gasteiger charge is 2.12. The van der Waals surface area contributed by atoms with Crippen molar-refractivity contribution in [1.82, 2.24) is 4.57 Å². The zero-order chi connectivity index (χ0) is 12.6. The number of fused-ring (bicyclic) bond motifs is 1. The van der Waals surface area contributed by atoms with Crippen molar-refractivity contribution in [1.29, 1.82) is 0 Å². The highest BCUT2D eigenvalue weighted by atomic mass is 79.9. The summed E-state index contributed by atoms with van der Waals surface area (Å²) < 4.78 is 6.03. The van der Waals surface area contributed by atoms with Gasteiger partial charge in [0.05, 0.1) is 5.39 Å². The number of aliphatic carboxylic acids is 1. The van der Waals surface area contributed by atoms with E-state index in [2.05, 4.69) is 15.9 Å². The Labute approximate surface area is 102 Å². The summed E-state index contributed by atoms with van der Waals surface area (Å²) in [5, 5.41) is 8.75. The minimum Gasteiger partial charge on any atom is -0.480 e. The summed E-state index contributed by atoms with van der Waals surface area (Å²) in [5.74, 6) is -2.26. The van der Waals surface area contributed by atoms with Gasteiger partial charge in [-0.2, -0.15) is 0 Å². The van der Waals surface area contributed by atoms with Crippen molar-refractivity contribution in [3.05, 3.63) is 43.6 Å². The van der Waals surface area contributed by atoms with E-state index in [1.54, 1.807) is 6.07 Å². The van der Waals surface area contributed by atoms with Crippen molar-refractivity contribution in [2.45, 2.75) is 6.54 Å². The average Bonchev–Trinajstić information content (AvgIpc) is 2.25. The Hall–Kier alpha value is -1.89. The molecule has 1 aromatic heterocycles. The second-order valence-electron chi connectivity index (χ2n) is 3.29. The molecule has 0 aliphatic heterocycles. The van der Waals surface area contributed by atoms with Crippen LogP contribution < -0.4 is 11.3 Å². The van der Waals surface area contributed by atoms with E-state index in [9.17, 15) is 14.4 Å². The first kappa shape index (κ1) is 11.6. The van der Waals surface area contributed by atoms with Crippen molar-refractivity contribution in [2.75, 3.05) is 0 Å². The quantitative estimate of drug-likeness (QED) is 0.886. The molecule has 2 aromatic rings. The number of carbonyl (C=O) groups is 1. The molecule has 0 saturated carbocycles. The van der Waals surface area contributed by atoms with Crippen molar-refractivity contribution in [3.8, 4) is 0 Å². The molecule has 1 N–H and O–H groups in total. The SMILES string of the molecule is O=C(O)Cn1c(=O)oc2ccc(Br)cc2c1=O. The molecule has 0 aliphatic rings. The van der Waals surface area contributed by atoms with Crippen LogP contribution >= 0.6 is 15.9 Å². The lowest BCUT2D eigenvalue weighted by Crippen LogP contribution is -2.35. The highest BCUT2D eigenvalue weighted by Crippen LogP contribution is 2.15. The highest BCUT2D eigenvalue weighted by molar-refractivity contribution is 9.10. The molecular formula is C10H6BrNO5. The second kappa shape index (κ2) is 4.17. The van der Waals surface area contributed by atoms with Gasteiger partial charge in [0, 0.05) is 4.47 Å². The molecule has 0 saturated heterocycles. The molecule has 1 heterocycles. The third-order valence-corrected chi connectivity index (χ3v) is 2.62. The number of rotatable bonds is 2. The van der Waals surface area contributed by atoms with Crippen LogP contribution in [0.4, 0.5) is 0 Å². The first-order valence-electron chi connectivity index (χ1n) is 4.54. The summed E-state index contributed by atoms with van der Waals surface area (Å²) >= 11 is 3.18. The second-order valence-corrected chi connectivity index (χ2v) is 4.21. The molecule has 0 bridgehead atoms. The monoisotopic (exact) mass is 299 g/mol. The Kier molecular flexibility index (Phi) is 2.84. The van der Waals surface area contributed by atoms with E-state index in [0.29, 0.717) is 9.04 Å². The van der Waals surface area contributed by atoms with E-state index in [1.807, 2.05) is 0 Å². The maximum atomic E-state index is 11.9. The fraction of sp³-hybridized carbons (Fsp3) is 0.100. The van der Waals surface area contributed by atoms with Crippen molar-refractivity contribution >= 4 is 32.9 Å². The first-order valence-corrected chi connectivity index (χ1v) is 5.33. The van der Waals surface area contributed by atoms with Crippen LogP contribution in [0, 0.1) is 0 Å². The standard InChI is InChI=1S/C10H6BrNO5/c11-5-1-2-7-6(3-5)9(15)12(4-8(13)14)10(16)17-7/h1-3H,4H2,(H,13,14). The number of benzene rings is 1. The van der Waals surface area contributed by atoms with Crippen LogP contribution in [0.15, 0.2) is 36.7 Å². The Balaban J connectivity index is 2.83. The maximum Gasteiger partial charge on any atom is 0.422 e. The van der Waals surface area contributed by atoms with Crippen LogP contribution in [0.3, 0.4) is 0 Å². The molecule has 17 heavy (non-hydrogen) atoms. The molecule has 1 aromatic carbocycles. The Morgan fingerprint density at radius 2 is 2.12 bits per heavy atom. The topological polar surface area (TPSA) is 89.5 Å². The van der Waals surface area contributed by atoms with Gasteiger partial charge in [0.15, 0.2) is 0 Å². The number of carboxylic acids is 1. The first-order chi connectivity index (χ1) is 7.99. The number of hydrogen-bond acceptors (Lipinski definition) is 4. The molecule has 0 spiro atoms. The number of carboxylic acid groups (broad SMARTS) is 1. The molecule has 0 unspecified atom stereocenters. The molecule has 0 aliphatic carbocycles.